The van der Waals surface area contributed by atoms with E-state index in [0.717, 1.165) is 18.4 Å². The lowest BCUT2D eigenvalue weighted by Gasteiger charge is -2.30. The van der Waals surface area contributed by atoms with Crippen molar-refractivity contribution in [2.45, 2.75) is 59.2 Å². The molecule has 2 amide bonds. The van der Waals surface area contributed by atoms with E-state index < -0.39 is 6.04 Å². The van der Waals surface area contributed by atoms with Gasteiger partial charge in [-0.05, 0) is 56.0 Å². The van der Waals surface area contributed by atoms with Gasteiger partial charge in [-0.3, -0.25) is 9.59 Å². The molecular formula is C24H31ClN2O3. The van der Waals surface area contributed by atoms with Gasteiger partial charge in [-0.25, -0.2) is 0 Å². The highest BCUT2D eigenvalue weighted by Gasteiger charge is 2.27. The van der Waals surface area contributed by atoms with Crippen LogP contribution in [0.5, 0.6) is 5.75 Å². The Bertz CT molecular complexity index is 839. The first-order valence-corrected chi connectivity index (χ1v) is 10.8. The molecule has 162 valence electrons. The summed E-state index contributed by atoms with van der Waals surface area (Å²) in [5.41, 5.74) is 1.98. The third-order valence-corrected chi connectivity index (χ3v) is 5.53. The van der Waals surface area contributed by atoms with Crippen molar-refractivity contribution < 1.29 is 14.3 Å². The van der Waals surface area contributed by atoms with Crippen LogP contribution in [0.25, 0.3) is 0 Å². The number of aryl methyl sites for hydroxylation is 1. The van der Waals surface area contributed by atoms with Gasteiger partial charge in [0.25, 0.3) is 5.91 Å². The monoisotopic (exact) mass is 430 g/mol. The van der Waals surface area contributed by atoms with Gasteiger partial charge in [0.2, 0.25) is 5.91 Å². The van der Waals surface area contributed by atoms with Crippen molar-refractivity contribution in [3.63, 3.8) is 0 Å². The van der Waals surface area contributed by atoms with Crippen LogP contribution >= 0.6 is 11.6 Å². The van der Waals surface area contributed by atoms with Crippen LogP contribution in [0, 0.1) is 0 Å². The molecule has 0 saturated carbocycles. The summed E-state index contributed by atoms with van der Waals surface area (Å²) in [5.74, 6) is 0.147. The molecule has 0 unspecified atom stereocenters. The van der Waals surface area contributed by atoms with E-state index in [1.54, 1.807) is 13.0 Å². The Morgan fingerprint density at radius 1 is 1.07 bits per heavy atom. The van der Waals surface area contributed by atoms with Gasteiger partial charge in [-0.1, -0.05) is 55.8 Å². The Hall–Kier alpha value is -2.53. The van der Waals surface area contributed by atoms with Crippen molar-refractivity contribution in [2.75, 3.05) is 6.61 Å². The average molecular weight is 431 g/mol. The molecule has 0 aliphatic heterocycles. The molecule has 1 N–H and O–H groups in total. The third kappa shape index (κ3) is 6.77. The summed E-state index contributed by atoms with van der Waals surface area (Å²) >= 11 is 6.30. The van der Waals surface area contributed by atoms with Gasteiger partial charge in [-0.2, -0.15) is 0 Å². The Morgan fingerprint density at radius 3 is 2.33 bits per heavy atom. The summed E-state index contributed by atoms with van der Waals surface area (Å²) in [6.07, 6.45) is 1.75. The van der Waals surface area contributed by atoms with E-state index >= 15 is 0 Å². The van der Waals surface area contributed by atoms with Crippen molar-refractivity contribution in [1.82, 2.24) is 10.2 Å². The molecule has 0 fully saturated rings. The Morgan fingerprint density at radius 2 is 1.73 bits per heavy atom. The normalized spacial score (nSPS) is 12.7. The number of carbonyl (C=O) groups is 2. The van der Waals surface area contributed by atoms with E-state index in [2.05, 4.69) is 12.2 Å². The van der Waals surface area contributed by atoms with Crippen molar-refractivity contribution in [3.8, 4) is 5.75 Å². The number of ether oxygens (including phenoxy) is 1. The topological polar surface area (TPSA) is 58.6 Å². The molecule has 0 heterocycles. The molecule has 6 heteroatoms. The molecular weight excluding hydrogens is 400 g/mol. The molecule has 0 bridgehead atoms. The number of carbonyl (C=O) groups excluding carboxylic acids is 2. The van der Waals surface area contributed by atoms with Crippen LogP contribution in [-0.2, 0) is 22.6 Å². The first-order valence-electron chi connectivity index (χ1n) is 10.4. The van der Waals surface area contributed by atoms with Crippen LogP contribution in [0.3, 0.4) is 0 Å². The molecule has 0 spiro atoms. The quantitative estimate of drug-likeness (QED) is 0.598. The van der Waals surface area contributed by atoms with Crippen LogP contribution in [0.4, 0.5) is 0 Å². The molecule has 2 rings (SSSR count). The number of hydrogen-bond acceptors (Lipinski definition) is 3. The van der Waals surface area contributed by atoms with Crippen molar-refractivity contribution in [3.05, 3.63) is 64.7 Å². The largest absolute Gasteiger partial charge is 0.484 e. The van der Waals surface area contributed by atoms with E-state index in [-0.39, 0.29) is 31.0 Å². The van der Waals surface area contributed by atoms with Crippen LogP contribution in [-0.4, -0.2) is 35.4 Å². The summed E-state index contributed by atoms with van der Waals surface area (Å²) in [5, 5.41) is 3.50. The first kappa shape index (κ1) is 23.7. The molecule has 2 aromatic carbocycles. The highest BCUT2D eigenvalue weighted by Crippen LogP contribution is 2.19. The SMILES string of the molecule is CCc1ccc(OCC(=O)N(Cc2ccccc2Cl)[C@H](C)C(=O)N[C@@H](C)CC)cc1. The van der Waals surface area contributed by atoms with E-state index in [9.17, 15) is 9.59 Å². The average Bonchev–Trinajstić information content (AvgIpc) is 2.76. The Balaban J connectivity index is 2.14. The van der Waals surface area contributed by atoms with E-state index in [0.29, 0.717) is 10.8 Å². The predicted molar refractivity (Wildman–Crippen MR) is 121 cm³/mol. The molecule has 5 nitrogen and oxygen atoms in total. The van der Waals surface area contributed by atoms with Crippen LogP contribution < -0.4 is 10.1 Å². The summed E-state index contributed by atoms with van der Waals surface area (Å²) < 4.78 is 5.69. The van der Waals surface area contributed by atoms with Gasteiger partial charge < -0.3 is 15.0 Å². The molecule has 0 aliphatic carbocycles. The Kier molecular flexibility index (Phi) is 9.18. The van der Waals surface area contributed by atoms with E-state index in [1.807, 2.05) is 56.3 Å². The molecule has 0 saturated heterocycles. The van der Waals surface area contributed by atoms with Gasteiger partial charge in [0.15, 0.2) is 6.61 Å². The van der Waals surface area contributed by atoms with Gasteiger partial charge >= 0.3 is 0 Å². The zero-order valence-corrected chi connectivity index (χ0v) is 18.9. The second-order valence-corrected chi connectivity index (χ2v) is 7.80. The molecule has 2 atom stereocenters. The van der Waals surface area contributed by atoms with Crippen molar-refractivity contribution in [1.29, 1.82) is 0 Å². The lowest BCUT2D eigenvalue weighted by atomic mass is 10.1. The fraction of sp³-hybridized carbons (Fsp3) is 0.417. The standard InChI is InChI=1S/C24H31ClN2O3/c1-5-17(3)26-24(29)18(4)27(15-20-9-7-8-10-22(20)25)23(28)16-30-21-13-11-19(6-2)12-14-21/h7-14,17-18H,5-6,15-16H2,1-4H3,(H,26,29)/t17-,18+/m0/s1. The Labute approximate surface area is 184 Å². The summed E-state index contributed by atoms with van der Waals surface area (Å²) in [6, 6.07) is 14.3. The second kappa shape index (κ2) is 11.6. The van der Waals surface area contributed by atoms with Gasteiger partial charge in [0.05, 0.1) is 0 Å². The van der Waals surface area contributed by atoms with E-state index in [4.69, 9.17) is 16.3 Å². The number of hydrogen-bond donors (Lipinski definition) is 1. The second-order valence-electron chi connectivity index (χ2n) is 7.39. The van der Waals surface area contributed by atoms with Crippen molar-refractivity contribution >= 4 is 23.4 Å². The van der Waals surface area contributed by atoms with Gasteiger partial charge in [0.1, 0.15) is 11.8 Å². The maximum atomic E-state index is 13.0. The number of amides is 2. The fourth-order valence-corrected chi connectivity index (χ4v) is 3.10. The molecule has 0 aliphatic rings. The maximum Gasteiger partial charge on any atom is 0.261 e. The zero-order chi connectivity index (χ0) is 22.1. The van der Waals surface area contributed by atoms with Gasteiger partial charge in [-0.15, -0.1) is 0 Å². The smallest absolute Gasteiger partial charge is 0.261 e. The minimum Gasteiger partial charge on any atom is -0.484 e. The van der Waals surface area contributed by atoms with Crippen molar-refractivity contribution in [2.24, 2.45) is 0 Å². The van der Waals surface area contributed by atoms with Crippen LogP contribution in [0.15, 0.2) is 48.5 Å². The number of nitrogens with zero attached hydrogens (tertiary/aromatic N) is 1. The fourth-order valence-electron chi connectivity index (χ4n) is 2.91. The summed E-state index contributed by atoms with van der Waals surface area (Å²) in [4.78, 5) is 27.2. The molecule has 2 aromatic rings. The lowest BCUT2D eigenvalue weighted by Crippen LogP contribution is -2.50. The lowest BCUT2D eigenvalue weighted by molar-refractivity contribution is -0.142. The predicted octanol–water partition coefficient (Wildman–Crippen LogP) is 4.61. The van der Waals surface area contributed by atoms with Crippen LogP contribution in [0.2, 0.25) is 5.02 Å². The third-order valence-electron chi connectivity index (χ3n) is 5.16. The maximum absolute atomic E-state index is 13.0. The number of nitrogens with one attached hydrogen (secondary N) is 1. The molecule has 30 heavy (non-hydrogen) atoms. The van der Waals surface area contributed by atoms with Crippen LogP contribution in [0.1, 0.15) is 45.2 Å². The first-order chi connectivity index (χ1) is 14.3. The van der Waals surface area contributed by atoms with Gasteiger partial charge in [0, 0.05) is 17.6 Å². The minimum absolute atomic E-state index is 0.0329. The van der Waals surface area contributed by atoms with E-state index in [1.165, 1.54) is 10.5 Å². The molecule has 0 radical (unpaired) electrons. The number of rotatable bonds is 10. The highest BCUT2D eigenvalue weighted by atomic mass is 35.5. The number of benzene rings is 2. The summed E-state index contributed by atoms with van der Waals surface area (Å²) in [6.45, 7) is 7.82. The molecule has 0 aromatic heterocycles. The summed E-state index contributed by atoms with van der Waals surface area (Å²) in [7, 11) is 0. The highest BCUT2D eigenvalue weighted by molar-refractivity contribution is 6.31. The number of halogens is 1. The zero-order valence-electron chi connectivity index (χ0n) is 18.2. The minimum atomic E-state index is -0.658.